The van der Waals surface area contributed by atoms with Crippen LogP contribution in [-0.2, 0) is 24.9 Å². The monoisotopic (exact) mass is 305 g/mol. The lowest BCUT2D eigenvalue weighted by Crippen LogP contribution is -2.27. The minimum absolute atomic E-state index is 0.0740. The van der Waals surface area contributed by atoms with Crippen molar-refractivity contribution >= 4 is 11.9 Å². The number of amides is 1. The standard InChI is InChI=1S/C14H19N5O3/c1-10-11(8-16-18(10)3)9-17(2)13(20)5-7-19-12(14(21)22)4-6-15-19/h4,6,8H,5,7,9H2,1-3H3,(H,21,22). The lowest BCUT2D eigenvalue weighted by Gasteiger charge is -2.17. The highest BCUT2D eigenvalue weighted by atomic mass is 16.4. The quantitative estimate of drug-likeness (QED) is 0.846. The predicted molar refractivity (Wildman–Crippen MR) is 78.2 cm³/mol. The second-order valence-corrected chi connectivity index (χ2v) is 5.12. The Balaban J connectivity index is 1.93. The van der Waals surface area contributed by atoms with Crippen LogP contribution in [0.2, 0.25) is 0 Å². The predicted octanol–water partition coefficient (Wildman–Crippen LogP) is 0.672. The van der Waals surface area contributed by atoms with Crippen LogP contribution in [0.25, 0.3) is 0 Å². The van der Waals surface area contributed by atoms with E-state index in [-0.39, 0.29) is 24.6 Å². The number of carboxylic acids is 1. The van der Waals surface area contributed by atoms with Crippen LogP contribution in [0.3, 0.4) is 0 Å². The Morgan fingerprint density at radius 2 is 2.09 bits per heavy atom. The summed E-state index contributed by atoms with van der Waals surface area (Å²) < 4.78 is 3.08. The number of carboxylic acid groups (broad SMARTS) is 1. The summed E-state index contributed by atoms with van der Waals surface area (Å²) >= 11 is 0. The largest absolute Gasteiger partial charge is 0.477 e. The molecule has 2 aromatic heterocycles. The van der Waals surface area contributed by atoms with Crippen LogP contribution < -0.4 is 0 Å². The average Bonchev–Trinajstić information content (AvgIpc) is 3.06. The van der Waals surface area contributed by atoms with Crippen molar-refractivity contribution in [2.45, 2.75) is 26.4 Å². The molecule has 0 atom stereocenters. The first kappa shape index (κ1) is 15.7. The topological polar surface area (TPSA) is 93.2 Å². The maximum atomic E-state index is 12.2. The van der Waals surface area contributed by atoms with Gasteiger partial charge in [-0.2, -0.15) is 10.2 Å². The molecule has 0 fully saturated rings. The van der Waals surface area contributed by atoms with Gasteiger partial charge in [-0.05, 0) is 13.0 Å². The van der Waals surface area contributed by atoms with Crippen molar-refractivity contribution in [2.75, 3.05) is 7.05 Å². The van der Waals surface area contributed by atoms with Gasteiger partial charge in [0.2, 0.25) is 5.91 Å². The molecule has 0 saturated carbocycles. The third-order valence-electron chi connectivity index (χ3n) is 3.64. The molecule has 2 aromatic rings. The van der Waals surface area contributed by atoms with Crippen molar-refractivity contribution in [1.29, 1.82) is 0 Å². The van der Waals surface area contributed by atoms with E-state index in [2.05, 4.69) is 10.2 Å². The Bertz CT molecular complexity index is 688. The Hall–Kier alpha value is -2.64. The van der Waals surface area contributed by atoms with E-state index in [0.717, 1.165) is 11.3 Å². The van der Waals surface area contributed by atoms with Crippen LogP contribution in [0.15, 0.2) is 18.5 Å². The Morgan fingerprint density at radius 3 is 2.68 bits per heavy atom. The van der Waals surface area contributed by atoms with E-state index in [4.69, 9.17) is 5.11 Å². The molecule has 8 nitrogen and oxygen atoms in total. The van der Waals surface area contributed by atoms with Crippen molar-refractivity contribution in [2.24, 2.45) is 7.05 Å². The number of aromatic nitrogens is 4. The zero-order valence-corrected chi connectivity index (χ0v) is 12.9. The Labute approximate surface area is 127 Å². The molecule has 0 saturated heterocycles. The van der Waals surface area contributed by atoms with Gasteiger partial charge in [-0.1, -0.05) is 0 Å². The van der Waals surface area contributed by atoms with Gasteiger partial charge in [-0.3, -0.25) is 14.2 Å². The van der Waals surface area contributed by atoms with Crippen molar-refractivity contribution < 1.29 is 14.7 Å². The van der Waals surface area contributed by atoms with E-state index in [1.165, 1.54) is 16.9 Å². The zero-order chi connectivity index (χ0) is 16.3. The molecule has 0 unspecified atom stereocenters. The van der Waals surface area contributed by atoms with Crippen molar-refractivity contribution in [3.8, 4) is 0 Å². The van der Waals surface area contributed by atoms with Crippen LogP contribution in [0, 0.1) is 6.92 Å². The molecular weight excluding hydrogens is 286 g/mol. The minimum atomic E-state index is -1.05. The molecule has 118 valence electrons. The highest BCUT2D eigenvalue weighted by Crippen LogP contribution is 2.09. The second-order valence-electron chi connectivity index (χ2n) is 5.12. The number of aromatic carboxylic acids is 1. The maximum absolute atomic E-state index is 12.2. The van der Waals surface area contributed by atoms with Crippen LogP contribution in [0.5, 0.6) is 0 Å². The lowest BCUT2D eigenvalue weighted by atomic mass is 10.2. The zero-order valence-electron chi connectivity index (χ0n) is 12.9. The summed E-state index contributed by atoms with van der Waals surface area (Å²) in [5.41, 5.74) is 2.09. The molecule has 8 heteroatoms. The number of carbonyl (C=O) groups is 2. The molecule has 0 radical (unpaired) electrons. The number of nitrogens with zero attached hydrogens (tertiary/aromatic N) is 5. The van der Waals surface area contributed by atoms with Gasteiger partial charge in [0.1, 0.15) is 5.69 Å². The smallest absolute Gasteiger partial charge is 0.354 e. The summed E-state index contributed by atoms with van der Waals surface area (Å²) in [6, 6.07) is 1.41. The van der Waals surface area contributed by atoms with Crippen molar-refractivity contribution in [3.05, 3.63) is 35.4 Å². The summed E-state index contributed by atoms with van der Waals surface area (Å²) in [6.45, 7) is 2.66. The molecular formula is C14H19N5O3. The molecule has 0 bridgehead atoms. The number of carbonyl (C=O) groups excluding carboxylic acids is 1. The third-order valence-corrected chi connectivity index (χ3v) is 3.64. The van der Waals surface area contributed by atoms with Crippen molar-refractivity contribution in [1.82, 2.24) is 24.5 Å². The van der Waals surface area contributed by atoms with Gasteiger partial charge in [-0.15, -0.1) is 0 Å². The Kier molecular flexibility index (Phi) is 4.59. The van der Waals surface area contributed by atoms with E-state index in [0.29, 0.717) is 6.54 Å². The maximum Gasteiger partial charge on any atom is 0.354 e. The molecule has 1 amide bonds. The van der Waals surface area contributed by atoms with Gasteiger partial charge in [0.15, 0.2) is 0 Å². The fourth-order valence-electron chi connectivity index (χ4n) is 2.13. The Morgan fingerprint density at radius 1 is 1.36 bits per heavy atom. The number of rotatable bonds is 6. The minimum Gasteiger partial charge on any atom is -0.477 e. The van der Waals surface area contributed by atoms with E-state index in [1.54, 1.807) is 22.8 Å². The lowest BCUT2D eigenvalue weighted by molar-refractivity contribution is -0.130. The molecule has 0 spiro atoms. The van der Waals surface area contributed by atoms with E-state index < -0.39 is 5.97 Å². The van der Waals surface area contributed by atoms with Crippen LogP contribution in [-0.4, -0.2) is 48.5 Å². The number of hydrogen-bond acceptors (Lipinski definition) is 4. The van der Waals surface area contributed by atoms with Crippen LogP contribution in [0.4, 0.5) is 0 Å². The van der Waals surface area contributed by atoms with Gasteiger partial charge >= 0.3 is 5.97 Å². The molecule has 1 N–H and O–H groups in total. The SMILES string of the molecule is Cc1c(CN(C)C(=O)CCn2nccc2C(=O)O)cnn1C. The van der Waals surface area contributed by atoms with E-state index in [9.17, 15) is 9.59 Å². The van der Waals surface area contributed by atoms with Crippen LogP contribution >= 0.6 is 0 Å². The third kappa shape index (κ3) is 3.33. The summed E-state index contributed by atoms with van der Waals surface area (Å²) in [4.78, 5) is 24.7. The van der Waals surface area contributed by atoms with Gasteiger partial charge < -0.3 is 10.0 Å². The van der Waals surface area contributed by atoms with Gasteiger partial charge in [0.05, 0.1) is 12.7 Å². The molecule has 0 aliphatic heterocycles. The first-order chi connectivity index (χ1) is 10.4. The average molecular weight is 305 g/mol. The van der Waals surface area contributed by atoms with Gasteiger partial charge in [0, 0.05) is 44.5 Å². The molecule has 2 heterocycles. The van der Waals surface area contributed by atoms with E-state index >= 15 is 0 Å². The van der Waals surface area contributed by atoms with Gasteiger partial charge in [-0.25, -0.2) is 4.79 Å². The first-order valence-corrected chi connectivity index (χ1v) is 6.86. The number of hydrogen-bond donors (Lipinski definition) is 1. The fourth-order valence-corrected chi connectivity index (χ4v) is 2.13. The summed E-state index contributed by atoms with van der Waals surface area (Å²) in [6.07, 6.45) is 3.35. The summed E-state index contributed by atoms with van der Waals surface area (Å²) in [5, 5.41) is 17.1. The van der Waals surface area contributed by atoms with Gasteiger partial charge in [0.25, 0.3) is 0 Å². The number of aryl methyl sites for hydroxylation is 2. The van der Waals surface area contributed by atoms with E-state index in [1.807, 2.05) is 14.0 Å². The highest BCUT2D eigenvalue weighted by Gasteiger charge is 2.15. The second kappa shape index (κ2) is 6.42. The highest BCUT2D eigenvalue weighted by molar-refractivity contribution is 5.85. The fraction of sp³-hybridized carbons (Fsp3) is 0.429. The molecule has 2 rings (SSSR count). The normalized spacial score (nSPS) is 10.7. The first-order valence-electron chi connectivity index (χ1n) is 6.86. The molecule has 22 heavy (non-hydrogen) atoms. The molecule has 0 aliphatic rings. The molecule has 0 aliphatic carbocycles. The van der Waals surface area contributed by atoms with Crippen LogP contribution in [0.1, 0.15) is 28.2 Å². The summed E-state index contributed by atoms with van der Waals surface area (Å²) in [7, 11) is 3.57. The van der Waals surface area contributed by atoms with Crippen molar-refractivity contribution in [3.63, 3.8) is 0 Å². The molecule has 0 aromatic carbocycles. The summed E-state index contributed by atoms with van der Waals surface area (Å²) in [5.74, 6) is -1.13.